The maximum Gasteiger partial charge on any atom is 0.138 e. The largest absolute Gasteiger partial charge is 0.361 e. The second kappa shape index (κ2) is 4.35. The Kier molecular flexibility index (Phi) is 3.10. The summed E-state index contributed by atoms with van der Waals surface area (Å²) in [6.45, 7) is 7.22. The van der Waals surface area contributed by atoms with Gasteiger partial charge in [-0.25, -0.2) is 0 Å². The van der Waals surface area contributed by atoms with Gasteiger partial charge in [-0.1, -0.05) is 12.1 Å². The SMILES string of the molecule is Cc1noc(C)c1CN[C@@H]1CC[C@@H](C)C1. The molecule has 3 nitrogen and oxygen atoms in total. The lowest BCUT2D eigenvalue weighted by atomic mass is 10.1. The number of aromatic nitrogens is 1. The van der Waals surface area contributed by atoms with Gasteiger partial charge in [-0.05, 0) is 39.0 Å². The molecule has 2 rings (SSSR count). The first-order chi connectivity index (χ1) is 7.16. The van der Waals surface area contributed by atoms with Crippen molar-refractivity contribution in [1.29, 1.82) is 0 Å². The quantitative estimate of drug-likeness (QED) is 0.829. The summed E-state index contributed by atoms with van der Waals surface area (Å²) < 4.78 is 5.14. The van der Waals surface area contributed by atoms with Crippen molar-refractivity contribution in [2.24, 2.45) is 5.92 Å². The van der Waals surface area contributed by atoms with E-state index in [4.69, 9.17) is 4.52 Å². The Bertz CT molecular complexity index is 313. The molecule has 1 saturated carbocycles. The molecule has 0 radical (unpaired) electrons. The van der Waals surface area contributed by atoms with E-state index >= 15 is 0 Å². The zero-order chi connectivity index (χ0) is 10.8. The Balaban J connectivity index is 1.88. The predicted octanol–water partition coefficient (Wildman–Crippen LogP) is 2.57. The third-order valence-corrected chi connectivity index (χ3v) is 3.44. The van der Waals surface area contributed by atoms with Crippen LogP contribution in [0.5, 0.6) is 0 Å². The minimum atomic E-state index is 0.689. The smallest absolute Gasteiger partial charge is 0.138 e. The van der Waals surface area contributed by atoms with Crippen LogP contribution in [0.15, 0.2) is 4.52 Å². The Morgan fingerprint density at radius 3 is 2.73 bits per heavy atom. The van der Waals surface area contributed by atoms with Gasteiger partial charge < -0.3 is 9.84 Å². The Labute approximate surface area is 91.2 Å². The molecule has 0 aliphatic heterocycles. The highest BCUT2D eigenvalue weighted by molar-refractivity contribution is 5.20. The van der Waals surface area contributed by atoms with Gasteiger partial charge in [-0.3, -0.25) is 0 Å². The standard InChI is InChI=1S/C12H20N2O/c1-8-4-5-11(6-8)13-7-12-9(2)14-15-10(12)3/h8,11,13H,4-7H2,1-3H3/t8-,11-/m1/s1. The number of nitrogens with one attached hydrogen (secondary N) is 1. The molecule has 1 N–H and O–H groups in total. The molecule has 0 saturated heterocycles. The molecule has 84 valence electrons. The van der Waals surface area contributed by atoms with Crippen LogP contribution < -0.4 is 5.32 Å². The topological polar surface area (TPSA) is 38.1 Å². The monoisotopic (exact) mass is 208 g/mol. The average molecular weight is 208 g/mol. The molecule has 0 unspecified atom stereocenters. The molecule has 0 bridgehead atoms. The summed E-state index contributed by atoms with van der Waals surface area (Å²) in [4.78, 5) is 0. The molecule has 1 aromatic rings. The van der Waals surface area contributed by atoms with Gasteiger partial charge in [0.15, 0.2) is 0 Å². The van der Waals surface area contributed by atoms with E-state index in [1.807, 2.05) is 13.8 Å². The summed E-state index contributed by atoms with van der Waals surface area (Å²) in [5.74, 6) is 1.83. The summed E-state index contributed by atoms with van der Waals surface area (Å²) in [5, 5.41) is 7.56. The van der Waals surface area contributed by atoms with Gasteiger partial charge in [-0.2, -0.15) is 0 Å². The third kappa shape index (κ3) is 2.40. The van der Waals surface area contributed by atoms with E-state index in [1.165, 1.54) is 24.8 Å². The van der Waals surface area contributed by atoms with E-state index in [0.717, 1.165) is 23.9 Å². The van der Waals surface area contributed by atoms with Crippen molar-refractivity contribution >= 4 is 0 Å². The van der Waals surface area contributed by atoms with Gasteiger partial charge in [0.05, 0.1) is 5.69 Å². The first-order valence-electron chi connectivity index (χ1n) is 5.82. The maximum absolute atomic E-state index is 5.14. The van der Waals surface area contributed by atoms with Crippen molar-refractivity contribution in [3.8, 4) is 0 Å². The first kappa shape index (κ1) is 10.7. The second-order valence-electron chi connectivity index (χ2n) is 4.80. The summed E-state index contributed by atoms with van der Waals surface area (Å²) in [6.07, 6.45) is 3.98. The Morgan fingerprint density at radius 1 is 1.40 bits per heavy atom. The highest BCUT2D eigenvalue weighted by atomic mass is 16.5. The van der Waals surface area contributed by atoms with E-state index in [0.29, 0.717) is 6.04 Å². The molecule has 1 heterocycles. The second-order valence-corrected chi connectivity index (χ2v) is 4.80. The molecule has 15 heavy (non-hydrogen) atoms. The molecule has 1 aromatic heterocycles. The third-order valence-electron chi connectivity index (χ3n) is 3.44. The molecule has 1 aliphatic carbocycles. The Morgan fingerprint density at radius 2 is 2.20 bits per heavy atom. The molecule has 1 aliphatic rings. The zero-order valence-corrected chi connectivity index (χ0v) is 9.84. The molecular formula is C12H20N2O. The zero-order valence-electron chi connectivity index (χ0n) is 9.84. The molecule has 0 spiro atoms. The van der Waals surface area contributed by atoms with Crippen molar-refractivity contribution in [1.82, 2.24) is 10.5 Å². The number of rotatable bonds is 3. The lowest BCUT2D eigenvalue weighted by molar-refractivity contribution is 0.391. The maximum atomic E-state index is 5.14. The molecule has 3 heteroatoms. The fourth-order valence-corrected chi connectivity index (χ4v) is 2.39. The average Bonchev–Trinajstić information content (AvgIpc) is 2.73. The molecular weight excluding hydrogens is 188 g/mol. The van der Waals surface area contributed by atoms with Crippen LogP contribution in [0.1, 0.15) is 43.2 Å². The van der Waals surface area contributed by atoms with Crippen LogP contribution in [0.3, 0.4) is 0 Å². The van der Waals surface area contributed by atoms with E-state index in [9.17, 15) is 0 Å². The fourth-order valence-electron chi connectivity index (χ4n) is 2.39. The highest BCUT2D eigenvalue weighted by Crippen LogP contribution is 2.25. The van der Waals surface area contributed by atoms with E-state index < -0.39 is 0 Å². The van der Waals surface area contributed by atoms with E-state index in [-0.39, 0.29) is 0 Å². The minimum Gasteiger partial charge on any atom is -0.361 e. The summed E-state index contributed by atoms with van der Waals surface area (Å²) in [6, 6.07) is 0.689. The molecule has 1 fully saturated rings. The minimum absolute atomic E-state index is 0.689. The van der Waals surface area contributed by atoms with Crippen molar-refractivity contribution in [3.63, 3.8) is 0 Å². The van der Waals surface area contributed by atoms with E-state index in [2.05, 4.69) is 17.4 Å². The highest BCUT2D eigenvalue weighted by Gasteiger charge is 2.21. The Hall–Kier alpha value is -0.830. The van der Waals surface area contributed by atoms with Gasteiger partial charge in [0.2, 0.25) is 0 Å². The summed E-state index contributed by atoms with van der Waals surface area (Å²) in [5.41, 5.74) is 2.25. The number of aryl methyl sites for hydroxylation is 2. The van der Waals surface area contributed by atoms with Gasteiger partial charge >= 0.3 is 0 Å². The van der Waals surface area contributed by atoms with Gasteiger partial charge in [0, 0.05) is 18.2 Å². The van der Waals surface area contributed by atoms with Crippen LogP contribution in [-0.4, -0.2) is 11.2 Å². The predicted molar refractivity (Wildman–Crippen MR) is 59.6 cm³/mol. The van der Waals surface area contributed by atoms with Crippen molar-refractivity contribution in [3.05, 3.63) is 17.0 Å². The first-order valence-corrected chi connectivity index (χ1v) is 5.82. The van der Waals surface area contributed by atoms with Crippen LogP contribution in [0, 0.1) is 19.8 Å². The normalized spacial score (nSPS) is 26.1. The van der Waals surface area contributed by atoms with Crippen LogP contribution in [0.4, 0.5) is 0 Å². The van der Waals surface area contributed by atoms with Crippen molar-refractivity contribution in [2.75, 3.05) is 0 Å². The fraction of sp³-hybridized carbons (Fsp3) is 0.750. The van der Waals surface area contributed by atoms with Crippen molar-refractivity contribution in [2.45, 2.75) is 52.6 Å². The molecule has 0 aromatic carbocycles. The number of hydrogen-bond donors (Lipinski definition) is 1. The van der Waals surface area contributed by atoms with Crippen LogP contribution >= 0.6 is 0 Å². The molecule has 0 amide bonds. The summed E-state index contributed by atoms with van der Waals surface area (Å²) >= 11 is 0. The van der Waals surface area contributed by atoms with Crippen molar-refractivity contribution < 1.29 is 4.52 Å². The van der Waals surface area contributed by atoms with Gasteiger partial charge in [0.25, 0.3) is 0 Å². The van der Waals surface area contributed by atoms with Crippen LogP contribution in [-0.2, 0) is 6.54 Å². The van der Waals surface area contributed by atoms with Crippen LogP contribution in [0.25, 0.3) is 0 Å². The lowest BCUT2D eigenvalue weighted by Crippen LogP contribution is -2.26. The van der Waals surface area contributed by atoms with E-state index in [1.54, 1.807) is 0 Å². The van der Waals surface area contributed by atoms with Gasteiger partial charge in [-0.15, -0.1) is 0 Å². The van der Waals surface area contributed by atoms with Gasteiger partial charge in [0.1, 0.15) is 5.76 Å². The number of nitrogens with zero attached hydrogens (tertiary/aromatic N) is 1. The lowest BCUT2D eigenvalue weighted by Gasteiger charge is -2.11. The van der Waals surface area contributed by atoms with Crippen LogP contribution in [0.2, 0.25) is 0 Å². The summed E-state index contributed by atoms with van der Waals surface area (Å²) in [7, 11) is 0. The number of hydrogen-bond acceptors (Lipinski definition) is 3. The molecule has 2 atom stereocenters.